The molecule has 2 nitrogen and oxygen atoms in total. The quantitative estimate of drug-likeness (QED) is 0.917. The van der Waals surface area contributed by atoms with Gasteiger partial charge >= 0.3 is 6.18 Å². The largest absolute Gasteiger partial charge is 0.417 e. The number of aromatic nitrogens is 1. The fourth-order valence-electron chi connectivity index (χ4n) is 1.64. The number of benzene rings is 1. The number of pyridine rings is 1. The van der Waals surface area contributed by atoms with E-state index in [9.17, 15) is 18.3 Å². The average Bonchev–Trinajstić information content (AvgIpc) is 2.38. The number of hydrogen-bond acceptors (Lipinski definition) is 3. The molecule has 1 N–H and O–H groups in total. The van der Waals surface area contributed by atoms with Gasteiger partial charge in [-0.05, 0) is 30.7 Å². The van der Waals surface area contributed by atoms with Gasteiger partial charge in [0, 0.05) is 11.1 Å². The van der Waals surface area contributed by atoms with E-state index in [1.54, 1.807) is 31.2 Å². The Balaban J connectivity index is 2.23. The van der Waals surface area contributed by atoms with Crippen LogP contribution >= 0.6 is 11.8 Å². The van der Waals surface area contributed by atoms with Crippen LogP contribution in [0.3, 0.4) is 0 Å². The Kier molecular flexibility index (Phi) is 4.35. The second kappa shape index (κ2) is 5.85. The summed E-state index contributed by atoms with van der Waals surface area (Å²) in [5.41, 5.74) is -0.0511. The lowest BCUT2D eigenvalue weighted by atomic mass is 10.1. The maximum absolute atomic E-state index is 12.4. The third-order valence-electron chi connectivity index (χ3n) is 2.65. The lowest BCUT2D eigenvalue weighted by molar-refractivity contribution is -0.137. The molecular weight excluding hydrogens is 287 g/mol. The molecule has 0 aliphatic carbocycles. The van der Waals surface area contributed by atoms with Crippen molar-refractivity contribution in [2.75, 3.05) is 0 Å². The maximum atomic E-state index is 12.4. The van der Waals surface area contributed by atoms with Crippen LogP contribution in [0.25, 0.3) is 0 Å². The molecule has 2 aromatic rings. The van der Waals surface area contributed by atoms with Gasteiger partial charge in [-0.2, -0.15) is 13.2 Å². The summed E-state index contributed by atoms with van der Waals surface area (Å²) in [5, 5.41) is 10.1. The van der Waals surface area contributed by atoms with E-state index in [1.807, 2.05) is 0 Å². The summed E-state index contributed by atoms with van der Waals surface area (Å²) >= 11 is 1.22. The monoisotopic (exact) mass is 299 g/mol. The van der Waals surface area contributed by atoms with E-state index in [-0.39, 0.29) is 0 Å². The topological polar surface area (TPSA) is 33.1 Å². The minimum atomic E-state index is -4.38. The molecule has 106 valence electrons. The lowest BCUT2D eigenvalue weighted by Crippen LogP contribution is -2.05. The van der Waals surface area contributed by atoms with Gasteiger partial charge in [-0.25, -0.2) is 4.98 Å². The summed E-state index contributed by atoms with van der Waals surface area (Å²) in [7, 11) is 0. The highest BCUT2D eigenvalue weighted by Crippen LogP contribution is 2.34. The molecule has 0 aliphatic rings. The molecular formula is C14H12F3NOS. The molecule has 1 aromatic heterocycles. The van der Waals surface area contributed by atoms with Crippen LogP contribution in [0.1, 0.15) is 24.2 Å². The number of rotatable bonds is 3. The average molecular weight is 299 g/mol. The van der Waals surface area contributed by atoms with Gasteiger partial charge in [-0.15, -0.1) is 0 Å². The smallest absolute Gasteiger partial charge is 0.389 e. The zero-order valence-electron chi connectivity index (χ0n) is 10.6. The molecule has 0 amide bonds. The summed E-state index contributed by atoms with van der Waals surface area (Å²) in [6.45, 7) is 1.64. The fourth-order valence-corrected chi connectivity index (χ4v) is 2.61. The molecule has 0 spiro atoms. The van der Waals surface area contributed by atoms with Crippen molar-refractivity contribution in [1.82, 2.24) is 4.98 Å². The van der Waals surface area contributed by atoms with Crippen LogP contribution in [0.15, 0.2) is 52.5 Å². The third-order valence-corrected chi connectivity index (χ3v) is 3.69. The first kappa shape index (κ1) is 14.9. The fraction of sp³-hybridized carbons (Fsp3) is 0.214. The summed E-state index contributed by atoms with van der Waals surface area (Å²) in [6.07, 6.45) is -4.21. The Bertz CT molecular complexity index is 582. The van der Waals surface area contributed by atoms with Gasteiger partial charge < -0.3 is 5.11 Å². The number of aliphatic hydroxyl groups is 1. The predicted octanol–water partition coefficient (Wildman–Crippen LogP) is 4.30. The van der Waals surface area contributed by atoms with Crippen LogP contribution in [0.4, 0.5) is 13.2 Å². The second-order valence-corrected chi connectivity index (χ2v) is 5.26. The van der Waals surface area contributed by atoms with E-state index in [0.717, 1.165) is 22.7 Å². The molecule has 1 heterocycles. The Hall–Kier alpha value is -1.53. The van der Waals surface area contributed by atoms with Gasteiger partial charge in [0.25, 0.3) is 0 Å². The van der Waals surface area contributed by atoms with E-state index < -0.39 is 17.8 Å². The van der Waals surface area contributed by atoms with Crippen molar-refractivity contribution >= 4 is 11.8 Å². The summed E-state index contributed by atoms with van der Waals surface area (Å²) in [4.78, 5) is 4.58. The van der Waals surface area contributed by atoms with Gasteiger partial charge in [0.1, 0.15) is 5.03 Å². The van der Waals surface area contributed by atoms with Crippen LogP contribution in [0, 0.1) is 0 Å². The number of aliphatic hydroxyl groups excluding tert-OH is 1. The van der Waals surface area contributed by atoms with Crippen LogP contribution in [0.2, 0.25) is 0 Å². The Labute approximate surface area is 118 Å². The Morgan fingerprint density at radius 2 is 1.85 bits per heavy atom. The molecule has 0 aliphatic heterocycles. The predicted molar refractivity (Wildman–Crippen MR) is 70.4 cm³/mol. The SMILES string of the molecule is C[C@@H](O)c1ccccc1Sc1ccc(C(F)(F)F)cn1. The zero-order chi connectivity index (χ0) is 14.8. The second-order valence-electron chi connectivity index (χ2n) is 4.20. The van der Waals surface area contributed by atoms with E-state index in [4.69, 9.17) is 0 Å². The molecule has 0 radical (unpaired) electrons. The zero-order valence-corrected chi connectivity index (χ0v) is 11.4. The highest BCUT2D eigenvalue weighted by molar-refractivity contribution is 7.99. The Morgan fingerprint density at radius 1 is 1.15 bits per heavy atom. The van der Waals surface area contributed by atoms with Crippen molar-refractivity contribution in [3.8, 4) is 0 Å². The first-order valence-electron chi connectivity index (χ1n) is 5.86. The van der Waals surface area contributed by atoms with E-state index in [0.29, 0.717) is 5.03 Å². The molecule has 1 aromatic carbocycles. The van der Waals surface area contributed by atoms with Gasteiger partial charge in [0.05, 0.1) is 11.7 Å². The van der Waals surface area contributed by atoms with Crippen molar-refractivity contribution in [1.29, 1.82) is 0 Å². The number of nitrogens with zero attached hydrogens (tertiary/aromatic N) is 1. The van der Waals surface area contributed by atoms with Crippen molar-refractivity contribution < 1.29 is 18.3 Å². The molecule has 20 heavy (non-hydrogen) atoms. The normalized spacial score (nSPS) is 13.2. The molecule has 0 bridgehead atoms. The first-order chi connectivity index (χ1) is 9.38. The third kappa shape index (κ3) is 3.52. The van der Waals surface area contributed by atoms with Crippen molar-refractivity contribution in [3.63, 3.8) is 0 Å². The lowest BCUT2D eigenvalue weighted by Gasteiger charge is -2.11. The molecule has 6 heteroatoms. The Morgan fingerprint density at radius 3 is 2.40 bits per heavy atom. The van der Waals surface area contributed by atoms with Gasteiger partial charge in [0.2, 0.25) is 0 Å². The number of hydrogen-bond donors (Lipinski definition) is 1. The molecule has 0 saturated carbocycles. The van der Waals surface area contributed by atoms with Crippen molar-refractivity contribution in [2.45, 2.75) is 29.1 Å². The van der Waals surface area contributed by atoms with Gasteiger partial charge in [-0.3, -0.25) is 0 Å². The van der Waals surface area contributed by atoms with E-state index >= 15 is 0 Å². The van der Waals surface area contributed by atoms with Crippen LogP contribution in [-0.2, 0) is 6.18 Å². The summed E-state index contributed by atoms with van der Waals surface area (Å²) in [6, 6.07) is 9.50. The minimum Gasteiger partial charge on any atom is -0.389 e. The first-order valence-corrected chi connectivity index (χ1v) is 6.67. The molecule has 2 rings (SSSR count). The van der Waals surface area contributed by atoms with Crippen LogP contribution < -0.4 is 0 Å². The summed E-state index contributed by atoms with van der Waals surface area (Å²) in [5.74, 6) is 0. The molecule has 0 unspecified atom stereocenters. The molecule has 1 atom stereocenters. The molecule has 0 fully saturated rings. The van der Waals surface area contributed by atoms with Crippen LogP contribution in [0.5, 0.6) is 0 Å². The van der Waals surface area contributed by atoms with Gasteiger partial charge in [-0.1, -0.05) is 30.0 Å². The van der Waals surface area contributed by atoms with E-state index in [1.165, 1.54) is 17.8 Å². The minimum absolute atomic E-state index is 0.450. The van der Waals surface area contributed by atoms with E-state index in [2.05, 4.69) is 4.98 Å². The standard InChI is InChI=1S/C14H12F3NOS/c1-9(19)11-4-2-3-5-12(11)20-13-7-6-10(8-18-13)14(15,16)17/h2-9,19H,1H3/t9-/m1/s1. The number of alkyl halides is 3. The molecule has 0 saturated heterocycles. The number of halogens is 3. The highest BCUT2D eigenvalue weighted by Gasteiger charge is 2.30. The van der Waals surface area contributed by atoms with Crippen LogP contribution in [-0.4, -0.2) is 10.1 Å². The summed E-state index contributed by atoms with van der Waals surface area (Å²) < 4.78 is 37.3. The van der Waals surface area contributed by atoms with Gasteiger partial charge in [0.15, 0.2) is 0 Å². The van der Waals surface area contributed by atoms with Crippen molar-refractivity contribution in [2.24, 2.45) is 0 Å². The highest BCUT2D eigenvalue weighted by atomic mass is 32.2. The maximum Gasteiger partial charge on any atom is 0.417 e. The van der Waals surface area contributed by atoms with Crippen molar-refractivity contribution in [3.05, 3.63) is 53.7 Å².